The normalized spacial score (nSPS) is 10.9. The Bertz CT molecular complexity index is 959. The van der Waals surface area contributed by atoms with Crippen LogP contribution in [0.2, 0.25) is 5.15 Å². The fraction of sp³-hybridized carbons (Fsp3) is 0.200. The Labute approximate surface area is 170 Å². The van der Waals surface area contributed by atoms with Crippen molar-refractivity contribution in [3.8, 4) is 5.69 Å². The highest BCUT2D eigenvalue weighted by molar-refractivity contribution is 7.99. The molecule has 8 heteroatoms. The molecule has 0 fully saturated rings. The van der Waals surface area contributed by atoms with Crippen LogP contribution in [0.15, 0.2) is 53.4 Å². The third kappa shape index (κ3) is 4.91. The number of thioether (sulfide) groups is 1. The molecule has 0 aliphatic carbocycles. The van der Waals surface area contributed by atoms with Crippen LogP contribution in [0.4, 0.5) is 8.78 Å². The van der Waals surface area contributed by atoms with Gasteiger partial charge in [-0.15, -0.1) is 11.8 Å². The predicted molar refractivity (Wildman–Crippen MR) is 107 cm³/mol. The van der Waals surface area contributed by atoms with Crippen molar-refractivity contribution >= 4 is 29.3 Å². The van der Waals surface area contributed by atoms with Crippen molar-refractivity contribution in [2.75, 3.05) is 12.3 Å². The Kier molecular flexibility index (Phi) is 6.70. The van der Waals surface area contributed by atoms with Gasteiger partial charge in [-0.25, -0.2) is 13.5 Å². The number of amides is 1. The zero-order chi connectivity index (χ0) is 20.1. The van der Waals surface area contributed by atoms with E-state index in [2.05, 4.69) is 10.4 Å². The molecule has 0 aliphatic heterocycles. The van der Waals surface area contributed by atoms with E-state index in [4.69, 9.17) is 11.6 Å². The molecule has 0 saturated carbocycles. The molecule has 0 unspecified atom stereocenters. The Morgan fingerprint density at radius 3 is 2.36 bits per heavy atom. The van der Waals surface area contributed by atoms with Crippen molar-refractivity contribution in [3.05, 3.63) is 76.6 Å². The fourth-order valence-electron chi connectivity index (χ4n) is 2.59. The lowest BCUT2D eigenvalue weighted by atomic mass is 10.2. The minimum absolute atomic E-state index is 0.183. The molecule has 0 saturated heterocycles. The van der Waals surface area contributed by atoms with Gasteiger partial charge in [-0.05, 0) is 67.6 Å². The molecule has 0 radical (unpaired) electrons. The van der Waals surface area contributed by atoms with Gasteiger partial charge >= 0.3 is 0 Å². The molecule has 0 spiro atoms. The van der Waals surface area contributed by atoms with Crippen molar-refractivity contribution in [1.29, 1.82) is 0 Å². The lowest BCUT2D eigenvalue weighted by Crippen LogP contribution is -2.25. The fourth-order valence-corrected chi connectivity index (χ4v) is 3.80. The summed E-state index contributed by atoms with van der Waals surface area (Å²) in [5.74, 6) is -0.138. The zero-order valence-corrected chi connectivity index (χ0v) is 16.7. The van der Waals surface area contributed by atoms with Crippen LogP contribution in [0, 0.1) is 18.6 Å². The minimum atomic E-state index is -0.361. The lowest BCUT2D eigenvalue weighted by molar-refractivity contribution is 0.0953. The summed E-state index contributed by atoms with van der Waals surface area (Å²) in [5.41, 5.74) is 1.37. The van der Waals surface area contributed by atoms with Crippen LogP contribution in [0.1, 0.15) is 22.5 Å². The number of carbonyl (C=O) groups is 1. The van der Waals surface area contributed by atoms with E-state index in [-0.39, 0.29) is 22.7 Å². The third-order valence-electron chi connectivity index (χ3n) is 3.99. The second kappa shape index (κ2) is 9.21. The SMILES string of the molecule is Cc1nn(-c2ccc(F)cc2)c(Cl)c1C(=O)NCCCSc1ccc(F)cc1. The summed E-state index contributed by atoms with van der Waals surface area (Å²) in [7, 11) is 0. The average Bonchev–Trinajstić information content (AvgIpc) is 2.98. The molecule has 1 heterocycles. The maximum atomic E-state index is 13.1. The first-order valence-electron chi connectivity index (χ1n) is 8.63. The molecule has 28 heavy (non-hydrogen) atoms. The standard InChI is InChI=1S/C20H18ClF2N3OS/c1-13-18(19(21)26(25-13)16-7-3-14(22)4-8-16)20(27)24-11-2-12-28-17-9-5-15(23)6-10-17/h3-10H,2,11-12H2,1H3,(H,24,27). The molecule has 146 valence electrons. The molecular weight excluding hydrogens is 404 g/mol. The molecule has 3 aromatic rings. The van der Waals surface area contributed by atoms with Gasteiger partial charge in [-0.3, -0.25) is 4.79 Å². The molecule has 1 aromatic heterocycles. The van der Waals surface area contributed by atoms with Crippen LogP contribution >= 0.6 is 23.4 Å². The highest BCUT2D eigenvalue weighted by Crippen LogP contribution is 2.24. The Morgan fingerprint density at radius 2 is 1.71 bits per heavy atom. The molecular formula is C20H18ClF2N3OS. The van der Waals surface area contributed by atoms with E-state index >= 15 is 0 Å². The van der Waals surface area contributed by atoms with E-state index < -0.39 is 0 Å². The Balaban J connectivity index is 1.55. The van der Waals surface area contributed by atoms with E-state index in [1.807, 2.05) is 0 Å². The molecule has 0 bridgehead atoms. The molecule has 1 amide bonds. The van der Waals surface area contributed by atoms with Gasteiger partial charge in [0.25, 0.3) is 5.91 Å². The van der Waals surface area contributed by atoms with Gasteiger partial charge in [0.2, 0.25) is 0 Å². The number of benzene rings is 2. The van der Waals surface area contributed by atoms with E-state index in [0.29, 0.717) is 23.5 Å². The maximum Gasteiger partial charge on any atom is 0.256 e. The summed E-state index contributed by atoms with van der Waals surface area (Å²) in [5, 5.41) is 7.31. The van der Waals surface area contributed by atoms with Crippen molar-refractivity contribution in [3.63, 3.8) is 0 Å². The van der Waals surface area contributed by atoms with E-state index in [1.165, 1.54) is 28.9 Å². The number of hydrogen-bond donors (Lipinski definition) is 1. The summed E-state index contributed by atoms with van der Waals surface area (Å²) in [6, 6.07) is 12.0. The third-order valence-corrected chi connectivity index (χ3v) is 5.44. The number of aromatic nitrogens is 2. The van der Waals surface area contributed by atoms with E-state index in [9.17, 15) is 13.6 Å². The topological polar surface area (TPSA) is 46.9 Å². The quantitative estimate of drug-likeness (QED) is 0.430. The summed E-state index contributed by atoms with van der Waals surface area (Å²) in [4.78, 5) is 13.5. The average molecular weight is 422 g/mol. The van der Waals surface area contributed by atoms with Crippen LogP contribution in [0.3, 0.4) is 0 Å². The van der Waals surface area contributed by atoms with Crippen LogP contribution in [-0.2, 0) is 0 Å². The largest absolute Gasteiger partial charge is 0.352 e. The van der Waals surface area contributed by atoms with Gasteiger partial charge in [-0.2, -0.15) is 5.10 Å². The van der Waals surface area contributed by atoms with Gasteiger partial charge in [0.05, 0.1) is 16.9 Å². The van der Waals surface area contributed by atoms with Crippen LogP contribution in [0.5, 0.6) is 0 Å². The van der Waals surface area contributed by atoms with Gasteiger partial charge in [-0.1, -0.05) is 11.6 Å². The molecule has 0 aliphatic rings. The smallest absolute Gasteiger partial charge is 0.256 e. The van der Waals surface area contributed by atoms with Gasteiger partial charge in [0.1, 0.15) is 16.8 Å². The van der Waals surface area contributed by atoms with Crippen LogP contribution < -0.4 is 5.32 Å². The summed E-state index contributed by atoms with van der Waals surface area (Å²) < 4.78 is 27.4. The van der Waals surface area contributed by atoms with Crippen molar-refractivity contribution in [1.82, 2.24) is 15.1 Å². The highest BCUT2D eigenvalue weighted by atomic mass is 35.5. The van der Waals surface area contributed by atoms with Crippen LogP contribution in [0.25, 0.3) is 5.69 Å². The van der Waals surface area contributed by atoms with E-state index in [1.54, 1.807) is 43.0 Å². The first kappa shape index (κ1) is 20.4. The van der Waals surface area contributed by atoms with E-state index in [0.717, 1.165) is 17.1 Å². The number of nitrogens with one attached hydrogen (secondary N) is 1. The number of rotatable bonds is 7. The van der Waals surface area contributed by atoms with Gasteiger partial charge < -0.3 is 5.32 Å². The molecule has 1 N–H and O–H groups in total. The summed E-state index contributed by atoms with van der Waals surface area (Å²) in [6.07, 6.45) is 0.747. The predicted octanol–water partition coefficient (Wildman–Crippen LogP) is 5.02. The number of carbonyl (C=O) groups excluding carboxylic acids is 1. The van der Waals surface area contributed by atoms with Crippen molar-refractivity contribution in [2.24, 2.45) is 0 Å². The number of halogens is 3. The Hall–Kier alpha value is -2.38. The molecule has 0 atom stereocenters. The summed E-state index contributed by atoms with van der Waals surface area (Å²) in [6.45, 7) is 2.18. The first-order valence-corrected chi connectivity index (χ1v) is 9.99. The second-order valence-corrected chi connectivity index (χ2v) is 7.58. The number of nitrogens with zero attached hydrogens (tertiary/aromatic N) is 2. The first-order chi connectivity index (χ1) is 13.5. The second-order valence-electron chi connectivity index (χ2n) is 6.05. The summed E-state index contributed by atoms with van der Waals surface area (Å²) >= 11 is 7.94. The zero-order valence-electron chi connectivity index (χ0n) is 15.1. The minimum Gasteiger partial charge on any atom is -0.352 e. The van der Waals surface area contributed by atoms with Gasteiger partial charge in [0.15, 0.2) is 0 Å². The maximum absolute atomic E-state index is 13.1. The Morgan fingerprint density at radius 1 is 1.11 bits per heavy atom. The van der Waals surface area contributed by atoms with Crippen molar-refractivity contribution in [2.45, 2.75) is 18.2 Å². The number of aryl methyl sites for hydroxylation is 1. The highest BCUT2D eigenvalue weighted by Gasteiger charge is 2.20. The lowest BCUT2D eigenvalue weighted by Gasteiger charge is -2.06. The monoisotopic (exact) mass is 421 g/mol. The molecule has 3 rings (SSSR count). The van der Waals surface area contributed by atoms with Crippen LogP contribution in [-0.4, -0.2) is 28.0 Å². The molecule has 4 nitrogen and oxygen atoms in total. The van der Waals surface area contributed by atoms with Crippen molar-refractivity contribution < 1.29 is 13.6 Å². The number of hydrogen-bond acceptors (Lipinski definition) is 3. The van der Waals surface area contributed by atoms with Gasteiger partial charge in [0, 0.05) is 11.4 Å². The molecule has 2 aromatic carbocycles.